The van der Waals surface area contributed by atoms with Gasteiger partial charge in [-0.1, -0.05) is 6.07 Å². The van der Waals surface area contributed by atoms with Crippen LogP contribution >= 0.6 is 12.6 Å². The molecule has 0 unspecified atom stereocenters. The fourth-order valence-corrected chi connectivity index (χ4v) is 1.01. The average Bonchev–Trinajstić information content (AvgIpc) is 1.92. The molecule has 1 aromatic carbocycles. The lowest BCUT2D eigenvalue weighted by Gasteiger charge is -2.10. The normalized spacial score (nSPS) is 11.7. The van der Waals surface area contributed by atoms with Crippen molar-refractivity contribution >= 4 is 18.3 Å². The van der Waals surface area contributed by atoms with Gasteiger partial charge in [-0.15, -0.1) is 12.6 Å². The number of alkyl halides is 3. The van der Waals surface area contributed by atoms with E-state index in [2.05, 4.69) is 12.6 Å². The minimum Gasteiger partial charge on any atom is -0.397 e. The van der Waals surface area contributed by atoms with E-state index in [1.54, 1.807) is 0 Å². The minimum atomic E-state index is -4.40. The standard InChI is InChI=1S/C7H6F3NS/c8-7(9,10)4-2-1-3-5(12)6(4)11/h1-3,12H,11H2. The van der Waals surface area contributed by atoms with Crippen LogP contribution in [0.4, 0.5) is 18.9 Å². The molecule has 0 aromatic heterocycles. The van der Waals surface area contributed by atoms with E-state index in [1.165, 1.54) is 12.1 Å². The highest BCUT2D eigenvalue weighted by molar-refractivity contribution is 7.80. The van der Waals surface area contributed by atoms with Gasteiger partial charge in [0, 0.05) is 4.90 Å². The molecule has 0 aliphatic heterocycles. The number of anilines is 1. The van der Waals surface area contributed by atoms with E-state index < -0.39 is 11.7 Å². The Bertz CT molecular complexity index is 295. The van der Waals surface area contributed by atoms with Crippen LogP contribution in [0.25, 0.3) is 0 Å². The van der Waals surface area contributed by atoms with E-state index in [4.69, 9.17) is 5.73 Å². The maximum Gasteiger partial charge on any atom is 0.418 e. The number of hydrogen-bond donors (Lipinski definition) is 2. The Kier molecular flexibility index (Phi) is 2.23. The second-order valence-electron chi connectivity index (χ2n) is 2.24. The smallest absolute Gasteiger partial charge is 0.397 e. The van der Waals surface area contributed by atoms with Crippen LogP contribution < -0.4 is 5.73 Å². The van der Waals surface area contributed by atoms with E-state index in [0.29, 0.717) is 0 Å². The molecule has 0 fully saturated rings. The first-order chi connectivity index (χ1) is 5.43. The predicted molar refractivity (Wildman–Crippen MR) is 43.1 cm³/mol. The maximum atomic E-state index is 12.1. The molecule has 2 N–H and O–H groups in total. The number of rotatable bonds is 0. The summed E-state index contributed by atoms with van der Waals surface area (Å²) < 4.78 is 36.3. The zero-order chi connectivity index (χ0) is 9.35. The van der Waals surface area contributed by atoms with E-state index in [-0.39, 0.29) is 10.6 Å². The van der Waals surface area contributed by atoms with E-state index >= 15 is 0 Å². The fourth-order valence-electron chi connectivity index (χ4n) is 0.800. The fraction of sp³-hybridized carbons (Fsp3) is 0.143. The molecule has 0 aliphatic carbocycles. The summed E-state index contributed by atoms with van der Waals surface area (Å²) in [6.07, 6.45) is -4.40. The quantitative estimate of drug-likeness (QED) is 0.480. The number of hydrogen-bond acceptors (Lipinski definition) is 2. The van der Waals surface area contributed by atoms with Gasteiger partial charge in [-0.3, -0.25) is 0 Å². The first-order valence-electron chi connectivity index (χ1n) is 3.07. The Labute approximate surface area is 72.8 Å². The zero-order valence-electron chi connectivity index (χ0n) is 5.89. The highest BCUT2D eigenvalue weighted by atomic mass is 32.1. The second kappa shape index (κ2) is 2.90. The Morgan fingerprint density at radius 3 is 2.25 bits per heavy atom. The Balaban J connectivity index is 3.26. The van der Waals surface area contributed by atoms with Crippen LogP contribution in [0.5, 0.6) is 0 Å². The van der Waals surface area contributed by atoms with Crippen molar-refractivity contribution in [3.63, 3.8) is 0 Å². The average molecular weight is 193 g/mol. The number of halogens is 3. The van der Waals surface area contributed by atoms with Gasteiger partial charge in [0.15, 0.2) is 0 Å². The largest absolute Gasteiger partial charge is 0.418 e. The van der Waals surface area contributed by atoms with Crippen molar-refractivity contribution < 1.29 is 13.2 Å². The molecule has 1 nitrogen and oxygen atoms in total. The van der Waals surface area contributed by atoms with Crippen LogP contribution in [0.15, 0.2) is 23.1 Å². The summed E-state index contributed by atoms with van der Waals surface area (Å²) in [5.74, 6) is 0. The molecule has 66 valence electrons. The first-order valence-corrected chi connectivity index (χ1v) is 3.52. The molecule has 5 heteroatoms. The van der Waals surface area contributed by atoms with Gasteiger partial charge >= 0.3 is 6.18 Å². The van der Waals surface area contributed by atoms with E-state index in [9.17, 15) is 13.2 Å². The topological polar surface area (TPSA) is 26.0 Å². The van der Waals surface area contributed by atoms with Gasteiger partial charge in [0.2, 0.25) is 0 Å². The molecule has 0 amide bonds. The summed E-state index contributed by atoms with van der Waals surface area (Å²) in [5, 5.41) is 0. The Morgan fingerprint density at radius 2 is 1.83 bits per heavy atom. The number of para-hydroxylation sites is 1. The van der Waals surface area contributed by atoms with Crippen LogP contribution in [-0.2, 0) is 6.18 Å². The lowest BCUT2D eigenvalue weighted by molar-refractivity contribution is -0.137. The molecule has 0 spiro atoms. The molecule has 1 rings (SSSR count). The molecule has 0 saturated heterocycles. The third-order valence-electron chi connectivity index (χ3n) is 1.39. The molecular formula is C7H6F3NS. The molecule has 1 aromatic rings. The van der Waals surface area contributed by atoms with Crippen molar-refractivity contribution in [1.82, 2.24) is 0 Å². The van der Waals surface area contributed by atoms with Crippen molar-refractivity contribution in [2.24, 2.45) is 0 Å². The molecule has 0 atom stereocenters. The molecule has 0 saturated carbocycles. The number of nitrogen functional groups attached to an aromatic ring is 1. The van der Waals surface area contributed by atoms with Gasteiger partial charge in [0.05, 0.1) is 11.3 Å². The molecule has 0 aliphatic rings. The van der Waals surface area contributed by atoms with Gasteiger partial charge in [-0.2, -0.15) is 13.2 Å². The van der Waals surface area contributed by atoms with Crippen molar-refractivity contribution in [2.45, 2.75) is 11.1 Å². The third-order valence-corrected chi connectivity index (χ3v) is 1.78. The third kappa shape index (κ3) is 1.66. The SMILES string of the molecule is Nc1c(S)cccc1C(F)(F)F. The maximum absolute atomic E-state index is 12.1. The van der Waals surface area contributed by atoms with Gasteiger partial charge < -0.3 is 5.73 Å². The summed E-state index contributed by atoms with van der Waals surface area (Å²) in [6, 6.07) is 3.60. The summed E-state index contributed by atoms with van der Waals surface area (Å²) in [4.78, 5) is 0.143. The van der Waals surface area contributed by atoms with Crippen LogP contribution in [0, 0.1) is 0 Å². The number of benzene rings is 1. The van der Waals surface area contributed by atoms with Crippen LogP contribution in [0.2, 0.25) is 0 Å². The van der Waals surface area contributed by atoms with Crippen molar-refractivity contribution in [1.29, 1.82) is 0 Å². The summed E-state index contributed by atoms with van der Waals surface area (Å²) in [7, 11) is 0. The van der Waals surface area contributed by atoms with E-state index in [1.807, 2.05) is 0 Å². The van der Waals surface area contributed by atoms with Gasteiger partial charge in [0.1, 0.15) is 0 Å². The monoisotopic (exact) mass is 193 g/mol. The highest BCUT2D eigenvalue weighted by Crippen LogP contribution is 2.35. The van der Waals surface area contributed by atoms with E-state index in [0.717, 1.165) is 6.07 Å². The molecular weight excluding hydrogens is 187 g/mol. The van der Waals surface area contributed by atoms with Crippen LogP contribution in [-0.4, -0.2) is 0 Å². The van der Waals surface area contributed by atoms with Gasteiger partial charge in [-0.05, 0) is 12.1 Å². The molecule has 0 radical (unpaired) electrons. The van der Waals surface area contributed by atoms with Crippen molar-refractivity contribution in [2.75, 3.05) is 5.73 Å². The first kappa shape index (κ1) is 9.25. The van der Waals surface area contributed by atoms with Crippen molar-refractivity contribution in [3.05, 3.63) is 23.8 Å². The summed E-state index contributed by atoms with van der Waals surface area (Å²) in [6.45, 7) is 0. The molecule has 12 heavy (non-hydrogen) atoms. The lowest BCUT2D eigenvalue weighted by atomic mass is 10.2. The molecule has 0 heterocycles. The number of nitrogens with two attached hydrogens (primary N) is 1. The predicted octanol–water partition coefficient (Wildman–Crippen LogP) is 2.58. The van der Waals surface area contributed by atoms with Crippen molar-refractivity contribution in [3.8, 4) is 0 Å². The summed E-state index contributed by atoms with van der Waals surface area (Å²) >= 11 is 3.77. The van der Waals surface area contributed by atoms with Gasteiger partial charge in [-0.25, -0.2) is 0 Å². The zero-order valence-corrected chi connectivity index (χ0v) is 6.78. The van der Waals surface area contributed by atoms with Gasteiger partial charge in [0.25, 0.3) is 0 Å². The van der Waals surface area contributed by atoms with Crippen LogP contribution in [0.3, 0.4) is 0 Å². The second-order valence-corrected chi connectivity index (χ2v) is 2.72. The van der Waals surface area contributed by atoms with Crippen LogP contribution in [0.1, 0.15) is 5.56 Å². The Morgan fingerprint density at radius 1 is 1.25 bits per heavy atom. The molecule has 0 bridgehead atoms. The Hall–Kier alpha value is -0.840. The highest BCUT2D eigenvalue weighted by Gasteiger charge is 2.33. The lowest BCUT2D eigenvalue weighted by Crippen LogP contribution is -2.08. The number of thiol groups is 1. The summed E-state index contributed by atoms with van der Waals surface area (Å²) in [5.41, 5.74) is 4.01. The minimum absolute atomic E-state index is 0.143.